The van der Waals surface area contributed by atoms with E-state index in [0.29, 0.717) is 11.4 Å². The fourth-order valence-electron chi connectivity index (χ4n) is 1.70. The molecule has 0 saturated heterocycles. The number of hydrogen-bond donors (Lipinski definition) is 2. The number of hydrogen-bond acceptors (Lipinski definition) is 5. The molecule has 6 heteroatoms. The van der Waals surface area contributed by atoms with Crippen LogP contribution in [0, 0.1) is 0 Å². The van der Waals surface area contributed by atoms with E-state index in [-0.39, 0.29) is 17.7 Å². The van der Waals surface area contributed by atoms with E-state index in [2.05, 4.69) is 0 Å². The average Bonchev–Trinajstić information content (AvgIpc) is 2.31. The third-order valence-corrected chi connectivity index (χ3v) is 3.67. The summed E-state index contributed by atoms with van der Waals surface area (Å²) in [6.07, 6.45) is 0. The summed E-state index contributed by atoms with van der Waals surface area (Å²) in [5.74, 6) is -0.655. The van der Waals surface area contributed by atoms with Crippen LogP contribution < -0.4 is 16.4 Å². The third kappa shape index (κ3) is 2.01. The van der Waals surface area contributed by atoms with E-state index in [1.165, 1.54) is 11.8 Å². The van der Waals surface area contributed by atoms with Gasteiger partial charge in [-0.05, 0) is 25.1 Å². The van der Waals surface area contributed by atoms with E-state index in [1.807, 2.05) is 6.07 Å². The van der Waals surface area contributed by atoms with Gasteiger partial charge in [0.2, 0.25) is 11.8 Å². The first-order valence-corrected chi connectivity index (χ1v) is 6.05. The minimum Gasteiger partial charge on any atom is -0.399 e. The average molecular weight is 251 g/mol. The number of carbonyl (C=O) groups excluding carboxylic acids is 2. The Morgan fingerprint density at radius 3 is 2.88 bits per heavy atom. The number of carbonyl (C=O) groups is 2. The molecular weight excluding hydrogens is 238 g/mol. The van der Waals surface area contributed by atoms with Crippen LogP contribution in [0.1, 0.15) is 6.92 Å². The number of nitrogens with two attached hydrogens (primary N) is 2. The molecule has 90 valence electrons. The van der Waals surface area contributed by atoms with Crippen molar-refractivity contribution in [3.63, 3.8) is 0 Å². The molecule has 0 aliphatic carbocycles. The minimum absolute atomic E-state index is 0.197. The molecule has 1 aromatic carbocycles. The Bertz CT molecular complexity index is 490. The summed E-state index contributed by atoms with van der Waals surface area (Å²) < 4.78 is 0. The Morgan fingerprint density at radius 1 is 1.53 bits per heavy atom. The number of thioether (sulfide) groups is 1. The number of amides is 2. The van der Waals surface area contributed by atoms with E-state index in [9.17, 15) is 9.59 Å². The number of nitrogens with zero attached hydrogens (tertiary/aromatic N) is 1. The zero-order valence-electron chi connectivity index (χ0n) is 9.34. The molecule has 0 fully saturated rings. The summed E-state index contributed by atoms with van der Waals surface area (Å²) in [4.78, 5) is 25.7. The quantitative estimate of drug-likeness (QED) is 0.713. The molecule has 2 rings (SSSR count). The highest BCUT2D eigenvalue weighted by atomic mass is 32.2. The fraction of sp³-hybridized carbons (Fsp3) is 0.273. The lowest BCUT2D eigenvalue weighted by atomic mass is 10.2. The maximum atomic E-state index is 12.0. The van der Waals surface area contributed by atoms with E-state index in [4.69, 9.17) is 11.5 Å². The minimum atomic E-state index is -0.408. The van der Waals surface area contributed by atoms with Crippen LogP contribution in [-0.4, -0.2) is 23.6 Å². The van der Waals surface area contributed by atoms with Gasteiger partial charge in [0.15, 0.2) is 0 Å². The number of anilines is 2. The first-order valence-electron chi connectivity index (χ1n) is 5.17. The van der Waals surface area contributed by atoms with Gasteiger partial charge in [-0.25, -0.2) is 4.90 Å². The Balaban J connectivity index is 2.54. The smallest absolute Gasteiger partial charge is 0.247 e. The Morgan fingerprint density at radius 2 is 2.24 bits per heavy atom. The van der Waals surface area contributed by atoms with Gasteiger partial charge in [0.1, 0.15) is 0 Å². The molecule has 17 heavy (non-hydrogen) atoms. The Kier molecular flexibility index (Phi) is 3.08. The highest BCUT2D eigenvalue weighted by Gasteiger charge is 2.34. The van der Waals surface area contributed by atoms with Crippen molar-refractivity contribution in [2.24, 2.45) is 5.73 Å². The lowest BCUT2D eigenvalue weighted by molar-refractivity contribution is -0.125. The zero-order valence-corrected chi connectivity index (χ0v) is 10.2. The summed E-state index contributed by atoms with van der Waals surface area (Å²) in [5, 5.41) is -0.290. The normalized spacial score (nSPS) is 19.1. The number of nitrogen functional groups attached to an aromatic ring is 1. The molecule has 1 unspecified atom stereocenters. The predicted octanol–water partition coefficient (Wildman–Crippen LogP) is 0.581. The van der Waals surface area contributed by atoms with E-state index in [0.717, 1.165) is 9.80 Å². The molecule has 1 heterocycles. The summed E-state index contributed by atoms with van der Waals surface area (Å²) in [6, 6.07) is 5.19. The molecule has 0 bridgehead atoms. The maximum absolute atomic E-state index is 12.0. The second kappa shape index (κ2) is 4.38. The van der Waals surface area contributed by atoms with Crippen LogP contribution in [0.3, 0.4) is 0 Å². The number of imide groups is 1. The van der Waals surface area contributed by atoms with Crippen molar-refractivity contribution >= 4 is 35.0 Å². The van der Waals surface area contributed by atoms with Crippen molar-refractivity contribution in [3.8, 4) is 0 Å². The molecular formula is C11H13N3O2S. The molecule has 1 atom stereocenters. The van der Waals surface area contributed by atoms with Gasteiger partial charge in [0.05, 0.1) is 17.5 Å². The monoisotopic (exact) mass is 251 g/mol. The Labute approximate surface area is 103 Å². The SMILES string of the molecule is CC1Sc2ccc(N)cc2N(C(=O)CN)C1=O. The highest BCUT2D eigenvalue weighted by Crippen LogP contribution is 2.40. The van der Waals surface area contributed by atoms with Crippen molar-refractivity contribution in [2.75, 3.05) is 17.2 Å². The van der Waals surface area contributed by atoms with Crippen LogP contribution >= 0.6 is 11.8 Å². The number of benzene rings is 1. The van der Waals surface area contributed by atoms with E-state index in [1.54, 1.807) is 19.1 Å². The summed E-state index contributed by atoms with van der Waals surface area (Å²) >= 11 is 1.42. The van der Waals surface area contributed by atoms with Gasteiger partial charge in [-0.3, -0.25) is 9.59 Å². The number of fused-ring (bicyclic) bond motifs is 1. The van der Waals surface area contributed by atoms with Crippen LogP contribution in [0.15, 0.2) is 23.1 Å². The van der Waals surface area contributed by atoms with Crippen LogP contribution in [0.4, 0.5) is 11.4 Å². The van der Waals surface area contributed by atoms with Crippen LogP contribution in [0.5, 0.6) is 0 Å². The van der Waals surface area contributed by atoms with Crippen molar-refractivity contribution < 1.29 is 9.59 Å². The zero-order chi connectivity index (χ0) is 12.6. The molecule has 1 aliphatic rings. The predicted molar refractivity (Wildman–Crippen MR) is 67.7 cm³/mol. The fourth-order valence-corrected chi connectivity index (χ4v) is 2.70. The summed E-state index contributed by atoms with van der Waals surface area (Å²) in [5.41, 5.74) is 12.1. The van der Waals surface area contributed by atoms with E-state index >= 15 is 0 Å². The van der Waals surface area contributed by atoms with Crippen molar-refractivity contribution in [1.29, 1.82) is 0 Å². The second-order valence-electron chi connectivity index (χ2n) is 3.76. The molecule has 1 aliphatic heterocycles. The van der Waals surface area contributed by atoms with Gasteiger partial charge in [0, 0.05) is 10.6 Å². The van der Waals surface area contributed by atoms with Crippen LogP contribution in [-0.2, 0) is 9.59 Å². The summed E-state index contributed by atoms with van der Waals surface area (Å²) in [6.45, 7) is 1.57. The summed E-state index contributed by atoms with van der Waals surface area (Å²) in [7, 11) is 0. The topological polar surface area (TPSA) is 89.4 Å². The highest BCUT2D eigenvalue weighted by molar-refractivity contribution is 8.01. The van der Waals surface area contributed by atoms with Crippen molar-refractivity contribution in [1.82, 2.24) is 0 Å². The molecule has 2 amide bonds. The first kappa shape index (κ1) is 11.9. The molecule has 0 aromatic heterocycles. The van der Waals surface area contributed by atoms with Crippen molar-refractivity contribution in [2.45, 2.75) is 17.1 Å². The molecule has 4 N–H and O–H groups in total. The van der Waals surface area contributed by atoms with Crippen LogP contribution in [0.2, 0.25) is 0 Å². The lowest BCUT2D eigenvalue weighted by Crippen LogP contribution is -2.46. The second-order valence-corrected chi connectivity index (χ2v) is 5.14. The molecule has 1 aromatic rings. The number of rotatable bonds is 1. The van der Waals surface area contributed by atoms with Gasteiger partial charge in [0.25, 0.3) is 0 Å². The molecule has 5 nitrogen and oxygen atoms in total. The standard InChI is InChI=1S/C11H13N3O2S/c1-6-11(16)14(10(15)5-12)8-4-7(13)2-3-9(8)17-6/h2-4,6H,5,12-13H2,1H3. The third-order valence-electron chi connectivity index (χ3n) is 2.52. The first-order chi connectivity index (χ1) is 8.04. The molecule has 0 radical (unpaired) electrons. The maximum Gasteiger partial charge on any atom is 0.247 e. The van der Waals surface area contributed by atoms with Gasteiger partial charge < -0.3 is 11.5 Å². The van der Waals surface area contributed by atoms with E-state index < -0.39 is 5.91 Å². The lowest BCUT2D eigenvalue weighted by Gasteiger charge is -2.30. The van der Waals surface area contributed by atoms with Gasteiger partial charge in [-0.2, -0.15) is 0 Å². The largest absolute Gasteiger partial charge is 0.399 e. The van der Waals surface area contributed by atoms with Gasteiger partial charge in [-0.1, -0.05) is 0 Å². The van der Waals surface area contributed by atoms with Gasteiger partial charge >= 0.3 is 0 Å². The Hall–Kier alpha value is -1.53. The van der Waals surface area contributed by atoms with Crippen LogP contribution in [0.25, 0.3) is 0 Å². The van der Waals surface area contributed by atoms with Gasteiger partial charge in [-0.15, -0.1) is 11.8 Å². The molecule has 0 saturated carbocycles. The van der Waals surface area contributed by atoms with Crippen molar-refractivity contribution in [3.05, 3.63) is 18.2 Å². The molecule has 0 spiro atoms.